The number of aryl methyl sites for hydroxylation is 1. The Hall–Kier alpha value is -3.28. The average Bonchev–Trinajstić information content (AvgIpc) is 3.65. The first-order valence-corrected chi connectivity index (χ1v) is 15.8. The predicted molar refractivity (Wildman–Crippen MR) is 149 cm³/mol. The molecule has 0 bridgehead atoms. The second-order valence-corrected chi connectivity index (χ2v) is 12.2. The topological polar surface area (TPSA) is 192 Å². The first-order valence-electron chi connectivity index (χ1n) is 13.5. The number of nitrogens with two attached hydrogens (primary N) is 1. The van der Waals surface area contributed by atoms with Gasteiger partial charge in [-0.2, -0.15) is 13.2 Å². The Morgan fingerprint density at radius 1 is 1.31 bits per heavy atom. The van der Waals surface area contributed by atoms with Crippen LogP contribution in [0.5, 0.6) is 5.75 Å². The lowest BCUT2D eigenvalue weighted by atomic mass is 10.1. The largest absolute Gasteiger partial charge is 0.542 e. The normalized spacial score (nSPS) is 26.1. The quantitative estimate of drug-likeness (QED) is 0.308. The highest BCUT2D eigenvalue weighted by molar-refractivity contribution is 9.11. The van der Waals surface area contributed by atoms with Crippen molar-refractivity contribution in [1.82, 2.24) is 9.55 Å². The van der Waals surface area contributed by atoms with Gasteiger partial charge >= 0.3 is 25.7 Å². The SMILES string of the molecule is Cc1cccc2c1OP(=O)(OC[C@H]1O[C@@H](n3cc(/C=C/Br)c(=O)[nH]c3=O)C[C@@H]1OC(=O)[C@H]1CCC[NH2+]1)OC2.O=C([O-])C(F)(F)F. The number of phosphoric acid groups is 1. The summed E-state index contributed by atoms with van der Waals surface area (Å²) in [4.78, 5) is 50.0. The Labute approximate surface area is 261 Å². The zero-order valence-corrected chi connectivity index (χ0v) is 26.0. The molecule has 19 heteroatoms. The third-order valence-electron chi connectivity index (χ3n) is 6.97. The number of nitrogens with zero attached hydrogens (tertiary/aromatic N) is 1. The molecule has 2 aromatic rings. The number of phosphoric ester groups is 1. The van der Waals surface area contributed by atoms with E-state index in [9.17, 15) is 32.1 Å². The number of para-hydroxylation sites is 1. The average molecular weight is 726 g/mol. The Bertz CT molecular complexity index is 1610. The molecule has 1 aromatic carbocycles. The molecule has 45 heavy (non-hydrogen) atoms. The summed E-state index contributed by atoms with van der Waals surface area (Å²) in [5.74, 6) is -2.95. The second kappa shape index (κ2) is 14.4. The van der Waals surface area contributed by atoms with E-state index < -0.39 is 49.7 Å². The van der Waals surface area contributed by atoms with Crippen molar-refractivity contribution in [2.45, 2.75) is 63.4 Å². The summed E-state index contributed by atoms with van der Waals surface area (Å²) < 4.78 is 74.6. The van der Waals surface area contributed by atoms with Crippen LogP contribution in [0.15, 0.2) is 39.0 Å². The van der Waals surface area contributed by atoms with Gasteiger partial charge in [-0.1, -0.05) is 34.1 Å². The lowest BCUT2D eigenvalue weighted by Gasteiger charge is -2.27. The van der Waals surface area contributed by atoms with Crippen LogP contribution >= 0.6 is 23.8 Å². The van der Waals surface area contributed by atoms with Crippen molar-refractivity contribution in [2.24, 2.45) is 0 Å². The van der Waals surface area contributed by atoms with Crippen LogP contribution in [0, 0.1) is 6.92 Å². The van der Waals surface area contributed by atoms with Gasteiger partial charge in [0.2, 0.25) is 0 Å². The number of esters is 1. The fourth-order valence-corrected chi connectivity index (χ4v) is 6.32. The molecule has 2 fully saturated rings. The van der Waals surface area contributed by atoms with Crippen LogP contribution in [0.1, 0.15) is 42.2 Å². The lowest BCUT2D eigenvalue weighted by molar-refractivity contribution is -0.659. The number of quaternary nitrogens is 1. The van der Waals surface area contributed by atoms with Gasteiger partial charge in [-0.05, 0) is 23.5 Å². The zero-order chi connectivity index (χ0) is 32.9. The van der Waals surface area contributed by atoms with Crippen LogP contribution in [-0.2, 0) is 39.3 Å². The summed E-state index contributed by atoms with van der Waals surface area (Å²) in [6.07, 6.45) is -3.18. The molecule has 3 aliphatic rings. The number of rotatable bonds is 7. The molecule has 1 aromatic heterocycles. The van der Waals surface area contributed by atoms with Crippen molar-refractivity contribution >= 4 is 41.8 Å². The number of carboxylic acids is 1. The number of benzene rings is 1. The third kappa shape index (κ3) is 8.71. The highest BCUT2D eigenvalue weighted by atomic mass is 79.9. The molecule has 0 amide bonds. The van der Waals surface area contributed by atoms with E-state index in [0.717, 1.165) is 24.1 Å². The van der Waals surface area contributed by atoms with E-state index in [1.165, 1.54) is 21.8 Å². The van der Waals surface area contributed by atoms with Gasteiger partial charge in [0.05, 0.1) is 25.3 Å². The summed E-state index contributed by atoms with van der Waals surface area (Å²) in [5, 5.41) is 10.7. The molecule has 0 radical (unpaired) electrons. The van der Waals surface area contributed by atoms with E-state index in [1.54, 1.807) is 0 Å². The number of H-pyrrole nitrogens is 1. The number of carbonyl (C=O) groups is 2. The maximum atomic E-state index is 13.3. The smallest absolute Gasteiger partial charge is 0.530 e. The predicted octanol–water partition coefficient (Wildman–Crippen LogP) is 1.17. The minimum absolute atomic E-state index is 0.0506. The highest BCUT2D eigenvalue weighted by Gasteiger charge is 2.44. The number of halogens is 4. The number of aliphatic carboxylic acids is 1. The lowest BCUT2D eigenvalue weighted by Crippen LogP contribution is -2.88. The maximum absolute atomic E-state index is 13.3. The molecule has 5 atom stereocenters. The van der Waals surface area contributed by atoms with E-state index in [0.29, 0.717) is 12.2 Å². The first-order chi connectivity index (χ1) is 21.2. The highest BCUT2D eigenvalue weighted by Crippen LogP contribution is 2.55. The third-order valence-corrected chi connectivity index (χ3v) is 8.55. The number of nitrogens with one attached hydrogen (secondary N) is 1. The number of aromatic nitrogens is 2. The van der Waals surface area contributed by atoms with Crippen molar-refractivity contribution in [2.75, 3.05) is 13.2 Å². The van der Waals surface area contributed by atoms with Crippen LogP contribution in [0.2, 0.25) is 0 Å². The molecule has 5 rings (SSSR count). The summed E-state index contributed by atoms with van der Waals surface area (Å²) in [7, 11) is -3.99. The molecule has 0 saturated carbocycles. The van der Waals surface area contributed by atoms with Gasteiger partial charge in [0.15, 0.2) is 6.04 Å². The Kier molecular flexibility index (Phi) is 11.1. The van der Waals surface area contributed by atoms with Crippen molar-refractivity contribution < 1.29 is 60.8 Å². The molecule has 2 saturated heterocycles. The number of carbonyl (C=O) groups excluding carboxylic acids is 2. The summed E-state index contributed by atoms with van der Waals surface area (Å²) in [5.41, 5.74) is 0.530. The molecular formula is C26H28BrF3N3O11P. The van der Waals surface area contributed by atoms with Gasteiger partial charge in [-0.25, -0.2) is 14.2 Å². The van der Waals surface area contributed by atoms with Crippen LogP contribution in [0.4, 0.5) is 13.2 Å². The van der Waals surface area contributed by atoms with Gasteiger partial charge in [0.25, 0.3) is 5.56 Å². The molecular weight excluding hydrogens is 698 g/mol. The minimum atomic E-state index is -5.19. The Morgan fingerprint density at radius 3 is 2.69 bits per heavy atom. The molecule has 3 N–H and O–H groups in total. The van der Waals surface area contributed by atoms with E-state index in [4.69, 9.17) is 32.9 Å². The summed E-state index contributed by atoms with van der Waals surface area (Å²) in [6, 6.07) is 5.18. The minimum Gasteiger partial charge on any atom is -0.542 e. The standard InChI is InChI=1S/C24H27BrN3O9P.C2HF3O2/c1-14-4-2-5-16-12-33-38(32,37-21(14)16)34-13-19-18(36-23(30)17-6-3-9-26-17)10-20(35-19)28-11-15(7-8-25)22(29)27-24(28)31;3-2(4,5)1(6)7/h2,4-5,7-8,11,17-20,26H,3,6,9-10,12-13H2,1H3,(H,27,29,31);(H,6,7)/b8-7+;/t17-,18+,19-,20-,38?;/m1./s1. The van der Waals surface area contributed by atoms with Crippen molar-refractivity contribution in [3.63, 3.8) is 0 Å². The van der Waals surface area contributed by atoms with Gasteiger partial charge in [-0.3, -0.25) is 23.4 Å². The second-order valence-electron chi connectivity index (χ2n) is 10.1. The van der Waals surface area contributed by atoms with E-state index in [1.807, 2.05) is 30.4 Å². The number of hydrogen-bond donors (Lipinski definition) is 2. The van der Waals surface area contributed by atoms with E-state index in [2.05, 4.69) is 20.9 Å². The fraction of sp³-hybridized carbons (Fsp3) is 0.462. The Morgan fingerprint density at radius 2 is 2.04 bits per heavy atom. The number of aromatic amines is 1. The summed E-state index contributed by atoms with van der Waals surface area (Å²) >= 11 is 3.12. The van der Waals surface area contributed by atoms with E-state index in [-0.39, 0.29) is 37.2 Å². The number of ether oxygens (including phenoxy) is 2. The molecule has 4 heterocycles. The van der Waals surface area contributed by atoms with Crippen LogP contribution in [-0.4, -0.2) is 59.1 Å². The van der Waals surface area contributed by atoms with Crippen LogP contribution < -0.4 is 26.2 Å². The Balaban J connectivity index is 0.000000591. The van der Waals surface area contributed by atoms with Gasteiger partial charge in [0.1, 0.15) is 30.2 Å². The van der Waals surface area contributed by atoms with Crippen LogP contribution in [0.3, 0.4) is 0 Å². The number of hydrogen-bond acceptors (Lipinski definition) is 11. The molecule has 0 aliphatic carbocycles. The molecule has 0 spiro atoms. The molecule has 14 nitrogen and oxygen atoms in total. The number of carboxylic acid groups (broad SMARTS) is 1. The van der Waals surface area contributed by atoms with Crippen molar-refractivity contribution in [3.05, 3.63) is 66.9 Å². The van der Waals surface area contributed by atoms with Gasteiger partial charge < -0.3 is 29.2 Å². The molecule has 246 valence electrons. The van der Waals surface area contributed by atoms with Crippen molar-refractivity contribution in [3.8, 4) is 5.75 Å². The van der Waals surface area contributed by atoms with Crippen molar-refractivity contribution in [1.29, 1.82) is 0 Å². The number of alkyl halides is 3. The fourth-order valence-electron chi connectivity index (χ4n) is 4.74. The monoisotopic (exact) mass is 725 g/mol. The zero-order valence-electron chi connectivity index (χ0n) is 23.5. The van der Waals surface area contributed by atoms with Crippen LogP contribution in [0.25, 0.3) is 6.08 Å². The maximum Gasteiger partial charge on any atom is 0.530 e. The van der Waals surface area contributed by atoms with Gasteiger partial charge in [0, 0.05) is 31.0 Å². The molecule has 3 aliphatic heterocycles. The van der Waals surface area contributed by atoms with Gasteiger partial charge in [-0.15, -0.1) is 0 Å². The summed E-state index contributed by atoms with van der Waals surface area (Å²) in [6.45, 7) is 2.43. The first kappa shape index (κ1) is 34.6. The number of fused-ring (bicyclic) bond motifs is 1. The molecule has 1 unspecified atom stereocenters. The van der Waals surface area contributed by atoms with E-state index >= 15 is 0 Å².